The molecular weight excluding hydrogens is 224 g/mol. The van der Waals surface area contributed by atoms with Crippen molar-refractivity contribution in [1.82, 2.24) is 0 Å². The van der Waals surface area contributed by atoms with E-state index in [2.05, 4.69) is 0 Å². The predicted molar refractivity (Wildman–Crippen MR) is 42.7 cm³/mol. The molecular formula is C3H11NO7P2. The molecule has 0 rings (SSSR count). The van der Waals surface area contributed by atoms with Crippen LogP contribution >= 0.6 is 15.2 Å². The Morgan fingerprint density at radius 3 is 1.69 bits per heavy atom. The number of aliphatic hydroxyl groups is 1. The van der Waals surface area contributed by atoms with Crippen LogP contribution in [0.3, 0.4) is 0 Å². The minimum absolute atomic E-state index is 0.853. The van der Waals surface area contributed by atoms with Gasteiger partial charge in [-0.05, 0) is 0 Å². The molecule has 8 nitrogen and oxygen atoms in total. The lowest BCUT2D eigenvalue weighted by molar-refractivity contribution is 0.189. The highest BCUT2D eigenvalue weighted by Crippen LogP contribution is 2.47. The number of nitrogens with two attached hydrogens (primary N) is 1. The highest BCUT2D eigenvalue weighted by molar-refractivity contribution is 7.53. The Hall–Kier alpha value is 0.220. The van der Waals surface area contributed by atoms with Crippen LogP contribution in [0.4, 0.5) is 0 Å². The molecule has 10 heteroatoms. The number of hydrogen-bond donors (Lipinski definition) is 6. The summed E-state index contributed by atoms with van der Waals surface area (Å²) in [6.07, 6.45) is -0.853. The summed E-state index contributed by atoms with van der Waals surface area (Å²) in [5, 5.41) is 8.73. The maximum atomic E-state index is 10.4. The highest BCUT2D eigenvalue weighted by atomic mass is 31.2. The molecule has 0 radical (unpaired) electrons. The average molecular weight is 235 g/mol. The monoisotopic (exact) mass is 235 g/mol. The molecule has 0 aromatic rings. The predicted octanol–water partition coefficient (Wildman–Crippen LogP) is -1.66. The van der Waals surface area contributed by atoms with Gasteiger partial charge >= 0.3 is 15.2 Å². The lowest BCUT2D eigenvalue weighted by Gasteiger charge is -2.17. The van der Waals surface area contributed by atoms with Crippen LogP contribution in [0.1, 0.15) is 6.42 Å². The van der Waals surface area contributed by atoms with Crippen molar-refractivity contribution in [2.24, 2.45) is 5.73 Å². The second kappa shape index (κ2) is 4.16. The first-order valence-corrected chi connectivity index (χ1v) is 6.45. The largest absolute Gasteiger partial charge is 0.380 e. The summed E-state index contributed by atoms with van der Waals surface area (Å²) in [7, 11) is -9.35. The Balaban J connectivity index is 4.32. The van der Waals surface area contributed by atoms with E-state index in [9.17, 15) is 9.13 Å². The lowest BCUT2D eigenvalue weighted by atomic mass is 10.4. The first-order valence-electron chi connectivity index (χ1n) is 3.09. The molecule has 0 aliphatic heterocycles. The molecule has 0 aromatic heterocycles. The normalized spacial score (nSPS) is 18.3. The molecule has 0 saturated heterocycles. The van der Waals surface area contributed by atoms with Crippen molar-refractivity contribution in [3.05, 3.63) is 0 Å². The summed E-state index contributed by atoms with van der Waals surface area (Å²) in [5.74, 6) is -3.91. The quantitative estimate of drug-likeness (QED) is 0.315. The van der Waals surface area contributed by atoms with Crippen molar-refractivity contribution >= 4 is 15.2 Å². The van der Waals surface area contributed by atoms with Crippen LogP contribution in [-0.4, -0.2) is 36.3 Å². The van der Waals surface area contributed by atoms with E-state index >= 15 is 0 Å². The van der Waals surface area contributed by atoms with Crippen molar-refractivity contribution in [3.8, 4) is 0 Å². The van der Waals surface area contributed by atoms with Gasteiger partial charge in [-0.3, -0.25) is 9.13 Å². The Kier molecular flexibility index (Phi) is 4.23. The fourth-order valence-electron chi connectivity index (χ4n) is 0.491. The molecule has 80 valence electrons. The second-order valence-electron chi connectivity index (χ2n) is 2.46. The third-order valence-corrected chi connectivity index (χ3v) is 3.33. The van der Waals surface area contributed by atoms with Gasteiger partial charge in [0.25, 0.3) is 0 Å². The number of aliphatic hydroxyl groups excluding tert-OH is 1. The third kappa shape index (κ3) is 4.85. The van der Waals surface area contributed by atoms with Crippen LogP contribution < -0.4 is 5.73 Å². The van der Waals surface area contributed by atoms with Gasteiger partial charge in [-0.25, -0.2) is 0 Å². The fourth-order valence-corrected chi connectivity index (χ4v) is 1.63. The molecule has 0 aromatic carbocycles. The van der Waals surface area contributed by atoms with E-state index in [1.165, 1.54) is 0 Å². The molecule has 0 unspecified atom stereocenters. The Labute approximate surface area is 73.7 Å². The van der Waals surface area contributed by atoms with E-state index in [-0.39, 0.29) is 0 Å². The van der Waals surface area contributed by atoms with Crippen molar-refractivity contribution in [3.63, 3.8) is 0 Å². The van der Waals surface area contributed by atoms with E-state index in [0.29, 0.717) is 0 Å². The number of rotatable bonds is 4. The van der Waals surface area contributed by atoms with Gasteiger partial charge < -0.3 is 30.4 Å². The maximum absolute atomic E-state index is 10.4. The molecule has 0 amide bonds. The topological polar surface area (TPSA) is 161 Å². The molecule has 7 N–H and O–H groups in total. The summed E-state index contributed by atoms with van der Waals surface area (Å²) in [6, 6.07) is 0. The van der Waals surface area contributed by atoms with Crippen LogP contribution in [0.2, 0.25) is 0 Å². The van der Waals surface area contributed by atoms with Crippen LogP contribution in [-0.2, 0) is 9.13 Å². The summed E-state index contributed by atoms with van der Waals surface area (Å²) in [5.41, 5.74) is 4.88. The van der Waals surface area contributed by atoms with E-state index in [0.717, 1.165) is 0 Å². The van der Waals surface area contributed by atoms with Crippen molar-refractivity contribution < 1.29 is 33.8 Å². The Bertz CT molecular complexity index is 228. The summed E-state index contributed by atoms with van der Waals surface area (Å²) >= 11 is 0. The average Bonchev–Trinajstić information content (AvgIpc) is 1.82. The minimum atomic E-state index is -4.75. The molecule has 0 aliphatic carbocycles. The molecule has 0 aliphatic rings. The summed E-state index contributed by atoms with van der Waals surface area (Å²) < 4.78 is 20.7. The van der Waals surface area contributed by atoms with E-state index < -0.39 is 33.2 Å². The molecule has 0 saturated carbocycles. The SMILES string of the molecule is N[C@@H](C[C@@H](O)P(=O)(O)O)P(=O)(O)O. The fraction of sp³-hybridized carbons (Fsp3) is 1.00. The lowest BCUT2D eigenvalue weighted by Crippen LogP contribution is -2.26. The Morgan fingerprint density at radius 2 is 1.46 bits per heavy atom. The van der Waals surface area contributed by atoms with E-state index in [1.807, 2.05) is 0 Å². The van der Waals surface area contributed by atoms with E-state index in [4.69, 9.17) is 30.4 Å². The second-order valence-corrected chi connectivity index (χ2v) is 6.08. The molecule has 0 bridgehead atoms. The van der Waals surface area contributed by atoms with Crippen LogP contribution in [0, 0.1) is 0 Å². The molecule has 0 spiro atoms. The van der Waals surface area contributed by atoms with Crippen LogP contribution in [0.5, 0.6) is 0 Å². The van der Waals surface area contributed by atoms with Gasteiger partial charge in [0.2, 0.25) is 0 Å². The van der Waals surface area contributed by atoms with Gasteiger partial charge in [0, 0.05) is 6.42 Å². The van der Waals surface area contributed by atoms with Crippen molar-refractivity contribution in [1.29, 1.82) is 0 Å². The molecule has 0 fully saturated rings. The zero-order valence-electron chi connectivity index (χ0n) is 6.39. The van der Waals surface area contributed by atoms with Gasteiger partial charge in [0.1, 0.15) is 5.78 Å². The van der Waals surface area contributed by atoms with Crippen LogP contribution in [0.15, 0.2) is 0 Å². The van der Waals surface area contributed by atoms with Crippen molar-refractivity contribution in [2.75, 3.05) is 0 Å². The first kappa shape index (κ1) is 13.2. The van der Waals surface area contributed by atoms with Gasteiger partial charge in [0.05, 0.1) is 0 Å². The Morgan fingerprint density at radius 1 is 1.08 bits per heavy atom. The van der Waals surface area contributed by atoms with Crippen molar-refractivity contribution in [2.45, 2.75) is 18.0 Å². The third-order valence-electron chi connectivity index (χ3n) is 1.27. The summed E-state index contributed by atoms with van der Waals surface area (Å²) in [6.45, 7) is 0. The van der Waals surface area contributed by atoms with Gasteiger partial charge in [-0.2, -0.15) is 0 Å². The first-order chi connectivity index (χ1) is 5.55. The van der Waals surface area contributed by atoms with Gasteiger partial charge in [0.15, 0.2) is 5.85 Å². The summed E-state index contributed by atoms with van der Waals surface area (Å²) in [4.78, 5) is 33.6. The molecule has 0 heterocycles. The van der Waals surface area contributed by atoms with Crippen LogP contribution in [0.25, 0.3) is 0 Å². The molecule has 2 atom stereocenters. The standard InChI is InChI=1S/C3H11NO7P2/c4-2(12(6,7)8)1-3(5)13(9,10)11/h2-3,5H,1,4H2,(H2,6,7,8)(H2,9,10,11)/t2-,3+/m1/s1. The van der Waals surface area contributed by atoms with E-state index in [1.54, 1.807) is 0 Å². The molecule has 13 heavy (non-hydrogen) atoms. The zero-order valence-corrected chi connectivity index (χ0v) is 8.18. The minimum Gasteiger partial charge on any atom is -0.380 e. The number of hydrogen-bond acceptors (Lipinski definition) is 4. The zero-order chi connectivity index (χ0) is 10.9. The maximum Gasteiger partial charge on any atom is 0.353 e. The van der Waals surface area contributed by atoms with Gasteiger partial charge in [-0.1, -0.05) is 0 Å². The highest BCUT2D eigenvalue weighted by Gasteiger charge is 2.34. The smallest absolute Gasteiger partial charge is 0.353 e. The van der Waals surface area contributed by atoms with Gasteiger partial charge in [-0.15, -0.1) is 0 Å².